The van der Waals surface area contributed by atoms with Crippen molar-refractivity contribution in [1.82, 2.24) is 0 Å². The van der Waals surface area contributed by atoms with Crippen LogP contribution in [0.2, 0.25) is 0 Å². The molecule has 2 unspecified atom stereocenters. The van der Waals surface area contributed by atoms with Gasteiger partial charge >= 0.3 is 11.9 Å². The van der Waals surface area contributed by atoms with E-state index >= 15 is 0 Å². The highest BCUT2D eigenvalue weighted by Gasteiger charge is 2.25. The zero-order valence-electron chi connectivity index (χ0n) is 38.5. The smallest absolute Gasteiger partial charge is 0.306 e. The predicted molar refractivity (Wildman–Crippen MR) is 240 cm³/mol. The van der Waals surface area contributed by atoms with Gasteiger partial charge in [0.25, 0.3) is 0 Å². The number of allylic oxidation sites excluding steroid dienone is 6. The topological polar surface area (TPSA) is 102 Å². The van der Waals surface area contributed by atoms with Gasteiger partial charge in [-0.25, -0.2) is 0 Å². The second kappa shape index (κ2) is 41.3. The number of carbonyl (C=O) groups is 3. The van der Waals surface area contributed by atoms with Crippen molar-refractivity contribution in [3.05, 3.63) is 36.5 Å². The molecule has 0 aliphatic carbocycles. The normalized spacial score (nSPS) is 13.2. The number of carbonyl (C=O) groups excluding carboxylic acids is 3. The van der Waals surface area contributed by atoms with E-state index in [1.807, 2.05) is 0 Å². The van der Waals surface area contributed by atoms with Gasteiger partial charge in [-0.05, 0) is 64.2 Å². The summed E-state index contributed by atoms with van der Waals surface area (Å²) in [6.07, 6.45) is 47.4. The molecule has 0 N–H and O–H groups in total. The summed E-state index contributed by atoms with van der Waals surface area (Å²) in [6.45, 7) is 4.56. The monoisotopic (exact) mass is 818 g/mol. The minimum Gasteiger partial charge on any atom is -0.544 e. The fourth-order valence-electron chi connectivity index (χ4n) is 7.05. The lowest BCUT2D eigenvalue weighted by Crippen LogP contribution is -2.55. The Balaban J connectivity index is 4.26. The van der Waals surface area contributed by atoms with Gasteiger partial charge in [-0.2, -0.15) is 0 Å². The van der Waals surface area contributed by atoms with Crippen LogP contribution in [0, 0.1) is 0 Å². The van der Waals surface area contributed by atoms with E-state index in [0.29, 0.717) is 12.8 Å². The Labute approximate surface area is 357 Å². The predicted octanol–water partition coefficient (Wildman–Crippen LogP) is 12.1. The third-order valence-corrected chi connectivity index (χ3v) is 10.8. The standard InChI is InChI=1S/C50H91NO7/c1-6-8-10-12-14-16-18-20-22-23-24-25-26-27-29-30-32-34-36-38-40-48(52)57-45-46(44-56-43-42-47(50(54)55)51(3,4)5)58-49(53)41-39-37-35-33-31-28-21-19-17-15-13-11-9-7-2/h9,11,15,17,24-25,46-47H,6-8,10,12-14,16,18-23,26-45H2,1-5H3/b11-9+,17-15+,25-24+. The number of hydrogen-bond acceptors (Lipinski definition) is 7. The summed E-state index contributed by atoms with van der Waals surface area (Å²) >= 11 is 0. The Morgan fingerprint density at radius 1 is 0.534 bits per heavy atom. The summed E-state index contributed by atoms with van der Waals surface area (Å²) in [5.41, 5.74) is 0. The maximum absolute atomic E-state index is 12.7. The van der Waals surface area contributed by atoms with Crippen LogP contribution in [0.5, 0.6) is 0 Å². The average molecular weight is 818 g/mol. The third-order valence-electron chi connectivity index (χ3n) is 10.8. The SMILES string of the molecule is CC/C=C/C/C=C/CCCCCCCCCC(=O)OC(COCCC(C(=O)[O-])[N+](C)(C)C)COC(=O)CCCCCCCCC/C=C/CCCCCCCCCCC. The number of rotatable bonds is 43. The maximum Gasteiger partial charge on any atom is 0.306 e. The Morgan fingerprint density at radius 3 is 1.43 bits per heavy atom. The molecular weight excluding hydrogens is 727 g/mol. The van der Waals surface area contributed by atoms with E-state index in [2.05, 4.69) is 50.3 Å². The molecule has 0 aromatic heterocycles. The number of likely N-dealkylation sites (N-methyl/N-ethyl adjacent to an activating group) is 1. The van der Waals surface area contributed by atoms with Gasteiger partial charge in [0.1, 0.15) is 12.6 Å². The first-order chi connectivity index (χ1) is 28.1. The number of carboxylic acid groups (broad SMARTS) is 1. The molecule has 0 aromatic carbocycles. The zero-order chi connectivity index (χ0) is 42.8. The van der Waals surface area contributed by atoms with Crippen LogP contribution in [-0.2, 0) is 28.6 Å². The highest BCUT2D eigenvalue weighted by molar-refractivity contribution is 5.70. The van der Waals surface area contributed by atoms with Gasteiger partial charge in [0.2, 0.25) is 0 Å². The number of carboxylic acids is 1. The molecule has 0 rings (SSSR count). The van der Waals surface area contributed by atoms with E-state index in [9.17, 15) is 19.5 Å². The van der Waals surface area contributed by atoms with Crippen LogP contribution < -0.4 is 5.11 Å². The fourth-order valence-corrected chi connectivity index (χ4v) is 7.05. The quantitative estimate of drug-likeness (QED) is 0.0261. The number of aliphatic carboxylic acids is 1. The van der Waals surface area contributed by atoms with Crippen molar-refractivity contribution >= 4 is 17.9 Å². The van der Waals surface area contributed by atoms with E-state index in [1.54, 1.807) is 21.1 Å². The minimum atomic E-state index is -1.13. The van der Waals surface area contributed by atoms with Crippen LogP contribution >= 0.6 is 0 Å². The summed E-state index contributed by atoms with van der Waals surface area (Å²) in [5, 5.41) is 11.6. The van der Waals surface area contributed by atoms with Crippen molar-refractivity contribution in [2.24, 2.45) is 0 Å². The molecule has 0 amide bonds. The first-order valence-electron chi connectivity index (χ1n) is 24.0. The van der Waals surface area contributed by atoms with Crippen LogP contribution in [0.1, 0.15) is 213 Å². The average Bonchev–Trinajstić information content (AvgIpc) is 3.18. The first kappa shape index (κ1) is 55.5. The van der Waals surface area contributed by atoms with Crippen molar-refractivity contribution in [3.63, 3.8) is 0 Å². The van der Waals surface area contributed by atoms with E-state index in [-0.39, 0.29) is 42.7 Å². The van der Waals surface area contributed by atoms with Crippen molar-refractivity contribution in [2.45, 2.75) is 225 Å². The summed E-state index contributed by atoms with van der Waals surface area (Å²) in [4.78, 5) is 36.9. The first-order valence-corrected chi connectivity index (χ1v) is 24.0. The van der Waals surface area contributed by atoms with Crippen molar-refractivity contribution in [2.75, 3.05) is 41.0 Å². The highest BCUT2D eigenvalue weighted by Crippen LogP contribution is 2.15. The molecule has 8 heteroatoms. The van der Waals surface area contributed by atoms with Gasteiger partial charge in [0.05, 0.1) is 40.3 Å². The number of nitrogens with zero attached hydrogens (tertiary/aromatic N) is 1. The maximum atomic E-state index is 12.7. The summed E-state index contributed by atoms with van der Waals surface area (Å²) in [6, 6.07) is -0.727. The summed E-state index contributed by atoms with van der Waals surface area (Å²) in [5.74, 6) is -1.75. The van der Waals surface area contributed by atoms with Crippen LogP contribution in [0.3, 0.4) is 0 Å². The molecule has 0 aliphatic rings. The van der Waals surface area contributed by atoms with Gasteiger partial charge in [0, 0.05) is 19.3 Å². The second-order valence-electron chi connectivity index (χ2n) is 17.3. The molecule has 338 valence electrons. The summed E-state index contributed by atoms with van der Waals surface area (Å²) < 4.78 is 17.2. The number of unbranched alkanes of at least 4 members (excludes halogenated alkanes) is 23. The van der Waals surface area contributed by atoms with Crippen molar-refractivity contribution in [3.8, 4) is 0 Å². The Bertz CT molecular complexity index is 1050. The minimum absolute atomic E-state index is 0.0374. The second-order valence-corrected chi connectivity index (χ2v) is 17.3. The lowest BCUT2D eigenvalue weighted by atomic mass is 10.1. The number of quaternary nitrogens is 1. The lowest BCUT2D eigenvalue weighted by Gasteiger charge is -2.34. The molecule has 0 fully saturated rings. The van der Waals surface area contributed by atoms with Crippen LogP contribution in [0.25, 0.3) is 0 Å². The highest BCUT2D eigenvalue weighted by atomic mass is 16.6. The molecule has 0 aromatic rings. The van der Waals surface area contributed by atoms with Gasteiger partial charge in [0.15, 0.2) is 6.10 Å². The largest absolute Gasteiger partial charge is 0.544 e. The zero-order valence-corrected chi connectivity index (χ0v) is 38.5. The molecule has 0 spiro atoms. The summed E-state index contributed by atoms with van der Waals surface area (Å²) in [7, 11) is 5.41. The Morgan fingerprint density at radius 2 is 0.966 bits per heavy atom. The molecule has 8 nitrogen and oxygen atoms in total. The number of esters is 2. The lowest BCUT2D eigenvalue weighted by molar-refractivity contribution is -0.889. The van der Waals surface area contributed by atoms with Crippen LogP contribution in [0.4, 0.5) is 0 Å². The molecule has 0 aliphatic heterocycles. The van der Waals surface area contributed by atoms with Gasteiger partial charge in [-0.15, -0.1) is 0 Å². The third kappa shape index (κ3) is 39.0. The number of hydrogen-bond donors (Lipinski definition) is 0. The van der Waals surface area contributed by atoms with Crippen LogP contribution in [0.15, 0.2) is 36.5 Å². The van der Waals surface area contributed by atoms with Crippen molar-refractivity contribution < 1.29 is 38.2 Å². The molecule has 0 radical (unpaired) electrons. The Kier molecular flexibility index (Phi) is 39.5. The number of ether oxygens (including phenoxy) is 3. The van der Waals surface area contributed by atoms with Gasteiger partial charge in [-0.1, -0.05) is 166 Å². The van der Waals surface area contributed by atoms with Gasteiger partial charge < -0.3 is 28.6 Å². The van der Waals surface area contributed by atoms with Crippen LogP contribution in [-0.4, -0.2) is 75.5 Å². The Hall–Kier alpha value is -2.45. The van der Waals surface area contributed by atoms with E-state index in [0.717, 1.165) is 57.8 Å². The molecule has 58 heavy (non-hydrogen) atoms. The molecule has 2 atom stereocenters. The van der Waals surface area contributed by atoms with Gasteiger partial charge in [-0.3, -0.25) is 9.59 Å². The molecular formula is C50H91NO7. The fraction of sp³-hybridized carbons (Fsp3) is 0.820. The van der Waals surface area contributed by atoms with E-state index in [1.165, 1.54) is 122 Å². The molecule has 0 bridgehead atoms. The van der Waals surface area contributed by atoms with E-state index in [4.69, 9.17) is 14.2 Å². The molecule has 0 saturated carbocycles. The molecule has 0 saturated heterocycles. The van der Waals surface area contributed by atoms with E-state index < -0.39 is 18.1 Å². The molecule has 0 heterocycles. The van der Waals surface area contributed by atoms with Crippen molar-refractivity contribution in [1.29, 1.82) is 0 Å².